The Hall–Kier alpha value is -2.63. The van der Waals surface area contributed by atoms with Crippen molar-refractivity contribution in [2.45, 2.75) is 20.0 Å². The highest BCUT2D eigenvalue weighted by Crippen LogP contribution is 2.07. The van der Waals surface area contributed by atoms with Crippen LogP contribution in [0.25, 0.3) is 6.08 Å². The van der Waals surface area contributed by atoms with Crippen LogP contribution in [0, 0.1) is 0 Å². The molecule has 6 nitrogen and oxygen atoms in total. The van der Waals surface area contributed by atoms with Gasteiger partial charge in [-0.05, 0) is 37.6 Å². The summed E-state index contributed by atoms with van der Waals surface area (Å²) >= 11 is 0. The first-order valence-electron chi connectivity index (χ1n) is 6.82. The van der Waals surface area contributed by atoms with Crippen molar-refractivity contribution in [2.75, 3.05) is 13.7 Å². The molecule has 0 radical (unpaired) electrons. The number of benzene rings is 1. The standard InChI is InChI=1S/C16H19NO5/c1-4-17-15(19)11(2)22-14(18)10-7-12-5-8-13(9-6-12)16(20)21-3/h5-11H,4H2,1-3H3,(H,17,19)/b10-7+/t11-/m0/s1. The molecule has 1 amide bonds. The SMILES string of the molecule is CCNC(=O)[C@H](C)OC(=O)/C=C/c1ccc(C(=O)OC)cc1. The molecule has 1 aromatic rings. The number of carbonyl (C=O) groups is 3. The second kappa shape index (κ2) is 8.61. The van der Waals surface area contributed by atoms with Crippen LogP contribution in [0.4, 0.5) is 0 Å². The molecule has 118 valence electrons. The monoisotopic (exact) mass is 305 g/mol. The molecule has 0 aromatic heterocycles. The van der Waals surface area contributed by atoms with Gasteiger partial charge in [-0.25, -0.2) is 9.59 Å². The molecule has 22 heavy (non-hydrogen) atoms. The number of likely N-dealkylation sites (N-methyl/N-ethyl adjacent to an activating group) is 1. The lowest BCUT2D eigenvalue weighted by Crippen LogP contribution is -2.35. The lowest BCUT2D eigenvalue weighted by atomic mass is 10.1. The summed E-state index contributed by atoms with van der Waals surface area (Å²) in [6.45, 7) is 3.76. The highest BCUT2D eigenvalue weighted by Gasteiger charge is 2.15. The van der Waals surface area contributed by atoms with E-state index in [0.29, 0.717) is 12.1 Å². The minimum absolute atomic E-state index is 0.341. The summed E-state index contributed by atoms with van der Waals surface area (Å²) in [6.07, 6.45) is 1.91. The molecular weight excluding hydrogens is 286 g/mol. The third-order valence-electron chi connectivity index (χ3n) is 2.76. The van der Waals surface area contributed by atoms with Gasteiger partial charge in [0.25, 0.3) is 5.91 Å². The van der Waals surface area contributed by atoms with Gasteiger partial charge in [-0.15, -0.1) is 0 Å². The van der Waals surface area contributed by atoms with E-state index in [1.807, 2.05) is 0 Å². The Morgan fingerprint density at radius 2 is 1.86 bits per heavy atom. The number of hydrogen-bond donors (Lipinski definition) is 1. The smallest absolute Gasteiger partial charge is 0.337 e. The highest BCUT2D eigenvalue weighted by atomic mass is 16.5. The van der Waals surface area contributed by atoms with Crippen LogP contribution >= 0.6 is 0 Å². The summed E-state index contributed by atoms with van der Waals surface area (Å²) in [4.78, 5) is 34.3. The second-order valence-electron chi connectivity index (χ2n) is 4.42. The average molecular weight is 305 g/mol. The number of nitrogens with one attached hydrogen (secondary N) is 1. The molecule has 0 bridgehead atoms. The Bertz CT molecular complexity index is 562. The van der Waals surface area contributed by atoms with Crippen molar-refractivity contribution in [3.05, 3.63) is 41.5 Å². The van der Waals surface area contributed by atoms with Crippen molar-refractivity contribution in [2.24, 2.45) is 0 Å². The van der Waals surface area contributed by atoms with E-state index in [-0.39, 0.29) is 5.91 Å². The fourth-order valence-electron chi connectivity index (χ4n) is 1.60. The maximum absolute atomic E-state index is 11.6. The largest absolute Gasteiger partial charge is 0.465 e. The number of ether oxygens (including phenoxy) is 2. The molecular formula is C16H19NO5. The maximum atomic E-state index is 11.6. The van der Waals surface area contributed by atoms with Crippen LogP contribution in [0.1, 0.15) is 29.8 Å². The topological polar surface area (TPSA) is 81.7 Å². The van der Waals surface area contributed by atoms with Crippen LogP contribution in [0.5, 0.6) is 0 Å². The van der Waals surface area contributed by atoms with E-state index in [1.54, 1.807) is 31.2 Å². The van der Waals surface area contributed by atoms with E-state index in [1.165, 1.54) is 26.2 Å². The average Bonchev–Trinajstić information content (AvgIpc) is 2.52. The van der Waals surface area contributed by atoms with Gasteiger partial charge < -0.3 is 14.8 Å². The molecule has 0 saturated heterocycles. The first-order valence-corrected chi connectivity index (χ1v) is 6.82. The van der Waals surface area contributed by atoms with Gasteiger partial charge in [0.1, 0.15) is 0 Å². The molecule has 0 spiro atoms. The van der Waals surface area contributed by atoms with Crippen molar-refractivity contribution >= 4 is 23.9 Å². The quantitative estimate of drug-likeness (QED) is 0.637. The lowest BCUT2D eigenvalue weighted by molar-refractivity contribution is -0.150. The molecule has 1 atom stereocenters. The van der Waals surface area contributed by atoms with Crippen molar-refractivity contribution < 1.29 is 23.9 Å². The number of carbonyl (C=O) groups excluding carboxylic acids is 3. The van der Waals surface area contributed by atoms with Crippen molar-refractivity contribution in [3.63, 3.8) is 0 Å². The van der Waals surface area contributed by atoms with Gasteiger partial charge in [0.15, 0.2) is 6.10 Å². The van der Waals surface area contributed by atoms with Crippen LogP contribution in [0.3, 0.4) is 0 Å². The third-order valence-corrected chi connectivity index (χ3v) is 2.76. The van der Waals surface area contributed by atoms with Gasteiger partial charge >= 0.3 is 11.9 Å². The number of amides is 1. The minimum atomic E-state index is -0.848. The molecule has 0 aliphatic carbocycles. The summed E-state index contributed by atoms with van der Waals surface area (Å²) in [5.74, 6) is -1.38. The Morgan fingerprint density at radius 1 is 1.23 bits per heavy atom. The Morgan fingerprint density at radius 3 is 2.41 bits per heavy atom. The zero-order chi connectivity index (χ0) is 16.5. The lowest BCUT2D eigenvalue weighted by Gasteiger charge is -2.10. The summed E-state index contributed by atoms with van der Waals surface area (Å²) in [5, 5.41) is 2.56. The van der Waals surface area contributed by atoms with E-state index in [0.717, 1.165) is 5.56 Å². The van der Waals surface area contributed by atoms with Gasteiger partial charge in [-0.3, -0.25) is 4.79 Å². The van der Waals surface area contributed by atoms with Gasteiger partial charge in [0, 0.05) is 12.6 Å². The number of hydrogen-bond acceptors (Lipinski definition) is 5. The predicted molar refractivity (Wildman–Crippen MR) is 81.1 cm³/mol. The van der Waals surface area contributed by atoms with Crippen molar-refractivity contribution in [1.29, 1.82) is 0 Å². The second-order valence-corrected chi connectivity index (χ2v) is 4.42. The molecule has 1 aromatic carbocycles. The minimum Gasteiger partial charge on any atom is -0.465 e. The van der Waals surface area contributed by atoms with Crippen LogP contribution in [-0.2, 0) is 19.1 Å². The van der Waals surface area contributed by atoms with E-state index in [9.17, 15) is 14.4 Å². The Balaban J connectivity index is 2.58. The molecule has 1 N–H and O–H groups in total. The summed E-state index contributed by atoms with van der Waals surface area (Å²) < 4.78 is 9.55. The molecule has 6 heteroatoms. The molecule has 0 aliphatic heterocycles. The number of methoxy groups -OCH3 is 1. The first-order chi connectivity index (χ1) is 10.5. The Labute approximate surface area is 129 Å². The Kier molecular flexibility index (Phi) is 6.82. The van der Waals surface area contributed by atoms with E-state index >= 15 is 0 Å². The predicted octanol–water partition coefficient (Wildman–Crippen LogP) is 1.55. The molecule has 1 rings (SSSR count). The first kappa shape index (κ1) is 17.4. The fraction of sp³-hybridized carbons (Fsp3) is 0.312. The van der Waals surface area contributed by atoms with Gasteiger partial charge in [-0.1, -0.05) is 12.1 Å². The van der Waals surface area contributed by atoms with Gasteiger partial charge in [0.2, 0.25) is 0 Å². The van der Waals surface area contributed by atoms with Crippen LogP contribution in [-0.4, -0.2) is 37.6 Å². The van der Waals surface area contributed by atoms with Crippen LogP contribution in [0.2, 0.25) is 0 Å². The number of rotatable bonds is 6. The molecule has 0 heterocycles. The van der Waals surface area contributed by atoms with E-state index in [4.69, 9.17) is 4.74 Å². The number of esters is 2. The summed E-state index contributed by atoms with van der Waals surface area (Å²) in [6, 6.07) is 6.52. The van der Waals surface area contributed by atoms with Gasteiger partial charge in [0.05, 0.1) is 12.7 Å². The van der Waals surface area contributed by atoms with Crippen molar-refractivity contribution in [1.82, 2.24) is 5.32 Å². The van der Waals surface area contributed by atoms with Crippen molar-refractivity contribution in [3.8, 4) is 0 Å². The molecule has 0 fully saturated rings. The van der Waals surface area contributed by atoms with Crippen LogP contribution in [0.15, 0.2) is 30.3 Å². The fourth-order valence-corrected chi connectivity index (χ4v) is 1.60. The third kappa shape index (κ3) is 5.40. The highest BCUT2D eigenvalue weighted by molar-refractivity contribution is 5.91. The maximum Gasteiger partial charge on any atom is 0.337 e. The molecule has 0 unspecified atom stereocenters. The normalized spacial score (nSPS) is 11.8. The molecule has 0 aliphatic rings. The summed E-state index contributed by atoms with van der Waals surface area (Å²) in [5.41, 5.74) is 1.14. The zero-order valence-electron chi connectivity index (χ0n) is 12.8. The van der Waals surface area contributed by atoms with E-state index in [2.05, 4.69) is 10.1 Å². The molecule has 0 saturated carbocycles. The van der Waals surface area contributed by atoms with Crippen LogP contribution < -0.4 is 5.32 Å². The van der Waals surface area contributed by atoms with E-state index < -0.39 is 18.0 Å². The zero-order valence-corrected chi connectivity index (χ0v) is 12.8. The van der Waals surface area contributed by atoms with Gasteiger partial charge in [-0.2, -0.15) is 0 Å². The summed E-state index contributed by atoms with van der Waals surface area (Å²) in [7, 11) is 1.31.